The topological polar surface area (TPSA) is 95.2 Å². The number of anilines is 2. The van der Waals surface area contributed by atoms with Crippen molar-refractivity contribution in [3.8, 4) is 11.1 Å². The second-order valence-electron chi connectivity index (χ2n) is 8.13. The number of hydrogen-bond donors (Lipinski definition) is 2. The molecule has 0 saturated carbocycles. The Hall–Kier alpha value is -4.20. The van der Waals surface area contributed by atoms with Crippen LogP contribution in [-0.4, -0.2) is 28.9 Å². The molecule has 0 atom stereocenters. The molecule has 0 bridgehead atoms. The number of aryl methyl sites for hydroxylation is 1. The number of rotatable bonds is 7. The number of carbonyl (C=O) groups is 1. The molecule has 33 heavy (non-hydrogen) atoms. The lowest BCUT2D eigenvalue weighted by Gasteiger charge is -2.22. The quantitative estimate of drug-likeness (QED) is 0.251. The van der Waals surface area contributed by atoms with Crippen LogP contribution in [0.3, 0.4) is 0 Å². The Bertz CT molecular complexity index is 1390. The average molecular weight is 442 g/mol. The van der Waals surface area contributed by atoms with Crippen LogP contribution in [0.1, 0.15) is 23.1 Å². The number of benzene rings is 3. The predicted octanol–water partition coefficient (Wildman–Crippen LogP) is 4.43. The highest BCUT2D eigenvalue weighted by Gasteiger charge is 2.29. The molecule has 1 aromatic heterocycles. The molecule has 0 aliphatic carbocycles. The summed E-state index contributed by atoms with van der Waals surface area (Å²) in [6.07, 6.45) is 3.95. The van der Waals surface area contributed by atoms with E-state index < -0.39 is 0 Å². The molecule has 8 nitrogen and oxygen atoms in total. The minimum absolute atomic E-state index is 0.0199. The van der Waals surface area contributed by atoms with Gasteiger partial charge in [0.2, 0.25) is 0 Å². The largest absolute Gasteiger partial charge is 0.368 e. The minimum atomic E-state index is -0.357. The molecule has 2 N–H and O–H groups in total. The molecule has 1 aliphatic heterocycles. The van der Waals surface area contributed by atoms with Crippen molar-refractivity contribution in [2.24, 2.45) is 0 Å². The minimum Gasteiger partial charge on any atom is -0.368 e. The van der Waals surface area contributed by atoms with Gasteiger partial charge in [-0.1, -0.05) is 18.2 Å². The third-order valence-corrected chi connectivity index (χ3v) is 6.32. The van der Waals surface area contributed by atoms with Gasteiger partial charge in [0.1, 0.15) is 18.9 Å². The van der Waals surface area contributed by atoms with Crippen molar-refractivity contribution in [2.45, 2.75) is 20.4 Å². The molecule has 0 saturated heterocycles. The first kappa shape index (κ1) is 20.7. The summed E-state index contributed by atoms with van der Waals surface area (Å²) in [6, 6.07) is 14.6. The van der Waals surface area contributed by atoms with E-state index in [0.717, 1.165) is 36.7 Å². The number of nitro benzene ring substituents is 1. The van der Waals surface area contributed by atoms with Crippen LogP contribution in [0.2, 0.25) is 0 Å². The first-order valence-electron chi connectivity index (χ1n) is 10.9. The van der Waals surface area contributed by atoms with Gasteiger partial charge in [0.15, 0.2) is 0 Å². The van der Waals surface area contributed by atoms with Crippen LogP contribution in [0, 0.1) is 17.0 Å². The van der Waals surface area contributed by atoms with E-state index in [2.05, 4.69) is 26.7 Å². The Morgan fingerprint density at radius 1 is 1.12 bits per heavy atom. The van der Waals surface area contributed by atoms with E-state index in [-0.39, 0.29) is 16.5 Å². The molecule has 0 spiro atoms. The number of H-pyrrole nitrogens is 1. The number of nitrogens with zero attached hydrogens (tertiary/aromatic N) is 3. The van der Waals surface area contributed by atoms with Crippen LogP contribution >= 0.6 is 0 Å². The number of likely N-dealkylation sites (N-methyl/N-ethyl adjacent to an activating group) is 1. The molecule has 2 heterocycles. The highest BCUT2D eigenvalue weighted by molar-refractivity contribution is 6.26. The maximum atomic E-state index is 12.3. The van der Waals surface area contributed by atoms with E-state index >= 15 is 0 Å². The highest BCUT2D eigenvalue weighted by atomic mass is 16.6. The first-order valence-corrected chi connectivity index (χ1v) is 10.9. The molecule has 0 fully saturated rings. The van der Waals surface area contributed by atoms with E-state index in [1.54, 1.807) is 24.3 Å². The number of amides is 1. The Morgan fingerprint density at radius 3 is 2.58 bits per heavy atom. The van der Waals surface area contributed by atoms with Crippen molar-refractivity contribution in [1.82, 2.24) is 4.98 Å². The van der Waals surface area contributed by atoms with Gasteiger partial charge in [0.05, 0.1) is 28.1 Å². The van der Waals surface area contributed by atoms with Gasteiger partial charge in [-0.2, -0.15) is 0 Å². The summed E-state index contributed by atoms with van der Waals surface area (Å²) in [5.74, 6) is 0.875. The number of nitro groups is 1. The van der Waals surface area contributed by atoms with Crippen molar-refractivity contribution in [3.63, 3.8) is 0 Å². The van der Waals surface area contributed by atoms with Crippen LogP contribution in [0.5, 0.6) is 0 Å². The van der Waals surface area contributed by atoms with E-state index in [9.17, 15) is 14.9 Å². The number of carbonyl (C=O) groups excluding carboxylic acids is 1. The SMILES string of the molecule is CCN(CC[n+]1cc[nH]c1C)c1ccc(-c2cc3c4c(cccc4c2[N+](=O)[O-])C(=O)N3)cc1. The molecule has 166 valence electrons. The third kappa shape index (κ3) is 3.49. The Labute approximate surface area is 190 Å². The number of aromatic amines is 1. The number of imidazole rings is 1. The maximum absolute atomic E-state index is 12.3. The average Bonchev–Trinajstić information content (AvgIpc) is 3.37. The summed E-state index contributed by atoms with van der Waals surface area (Å²) in [6.45, 7) is 6.69. The summed E-state index contributed by atoms with van der Waals surface area (Å²) in [5.41, 5.74) is 3.40. The molecular formula is C25H24N5O3+. The number of aromatic nitrogens is 2. The van der Waals surface area contributed by atoms with Gasteiger partial charge in [-0.15, -0.1) is 0 Å². The molecular weight excluding hydrogens is 418 g/mol. The molecule has 1 aliphatic rings. The normalized spacial score (nSPS) is 12.2. The summed E-state index contributed by atoms with van der Waals surface area (Å²) < 4.78 is 2.17. The zero-order valence-electron chi connectivity index (χ0n) is 18.5. The summed E-state index contributed by atoms with van der Waals surface area (Å²) in [7, 11) is 0. The maximum Gasteiger partial charge on any atom is 0.285 e. The fourth-order valence-electron chi connectivity index (χ4n) is 4.60. The molecule has 4 aromatic rings. The Kier molecular flexibility index (Phi) is 5.05. The lowest BCUT2D eigenvalue weighted by molar-refractivity contribution is -0.699. The number of nitrogens with one attached hydrogen (secondary N) is 2. The molecule has 1 amide bonds. The van der Waals surface area contributed by atoms with Gasteiger partial charge in [-0.25, -0.2) is 9.55 Å². The molecule has 0 unspecified atom stereocenters. The predicted molar refractivity (Wildman–Crippen MR) is 128 cm³/mol. The molecule has 0 radical (unpaired) electrons. The number of hydrogen-bond acceptors (Lipinski definition) is 4. The standard InChI is InChI=1S/C25H23N5O3/c1-3-28(13-14-29-12-11-26-16(29)2)18-9-7-17(8-10-18)21-15-22-23-19(24(21)30(32)33)5-4-6-20(23)25(31)27-22/h4-12,15H,3,13-14H2,1-2H3,(H,27,31)/p+1. The van der Waals surface area contributed by atoms with Crippen molar-refractivity contribution in [1.29, 1.82) is 0 Å². The smallest absolute Gasteiger partial charge is 0.285 e. The van der Waals surface area contributed by atoms with Gasteiger partial charge in [0.25, 0.3) is 17.4 Å². The van der Waals surface area contributed by atoms with Gasteiger partial charge >= 0.3 is 0 Å². The first-order chi connectivity index (χ1) is 16.0. The summed E-state index contributed by atoms with van der Waals surface area (Å²) in [4.78, 5) is 29.5. The summed E-state index contributed by atoms with van der Waals surface area (Å²) >= 11 is 0. The third-order valence-electron chi connectivity index (χ3n) is 6.32. The Morgan fingerprint density at radius 2 is 1.91 bits per heavy atom. The van der Waals surface area contributed by atoms with E-state index in [1.165, 1.54) is 0 Å². The lowest BCUT2D eigenvalue weighted by Crippen LogP contribution is -2.41. The second-order valence-corrected chi connectivity index (χ2v) is 8.13. The molecule has 8 heteroatoms. The zero-order chi connectivity index (χ0) is 23.1. The van der Waals surface area contributed by atoms with Crippen molar-refractivity contribution < 1.29 is 14.3 Å². The summed E-state index contributed by atoms with van der Waals surface area (Å²) in [5, 5.41) is 16.0. The fraction of sp³-hybridized carbons (Fsp3) is 0.200. The van der Waals surface area contributed by atoms with Gasteiger partial charge in [0, 0.05) is 30.1 Å². The van der Waals surface area contributed by atoms with Crippen molar-refractivity contribution >= 4 is 33.7 Å². The molecule has 3 aromatic carbocycles. The lowest BCUT2D eigenvalue weighted by atomic mass is 9.96. The van der Waals surface area contributed by atoms with Crippen LogP contribution < -0.4 is 14.8 Å². The Balaban J connectivity index is 1.50. The van der Waals surface area contributed by atoms with Gasteiger partial charge in [-0.3, -0.25) is 14.9 Å². The van der Waals surface area contributed by atoms with Crippen molar-refractivity contribution in [2.75, 3.05) is 23.3 Å². The van der Waals surface area contributed by atoms with Gasteiger partial charge < -0.3 is 10.2 Å². The van der Waals surface area contributed by atoms with Crippen molar-refractivity contribution in [3.05, 3.63) is 82.4 Å². The van der Waals surface area contributed by atoms with Crippen LogP contribution in [0.4, 0.5) is 17.1 Å². The van der Waals surface area contributed by atoms with Crippen LogP contribution in [0.25, 0.3) is 21.9 Å². The van der Waals surface area contributed by atoms with E-state index in [1.807, 2.05) is 43.6 Å². The fourth-order valence-corrected chi connectivity index (χ4v) is 4.60. The van der Waals surface area contributed by atoms with Crippen LogP contribution in [-0.2, 0) is 6.54 Å². The zero-order valence-corrected chi connectivity index (χ0v) is 18.5. The molecule has 5 rings (SSSR count). The second kappa shape index (κ2) is 8.05. The highest BCUT2D eigenvalue weighted by Crippen LogP contribution is 2.44. The van der Waals surface area contributed by atoms with E-state index in [4.69, 9.17) is 0 Å². The van der Waals surface area contributed by atoms with Gasteiger partial charge in [-0.05, 0) is 42.8 Å². The monoisotopic (exact) mass is 442 g/mol. The van der Waals surface area contributed by atoms with E-state index in [0.29, 0.717) is 27.6 Å². The van der Waals surface area contributed by atoms with Crippen LogP contribution in [0.15, 0.2) is 60.9 Å².